The fraction of sp³-hybridized carbons (Fsp3) is 0.125. The molecule has 0 radical (unpaired) electrons. The number of hydrogen-bond donors (Lipinski definition) is 1. The van der Waals surface area contributed by atoms with E-state index in [1.165, 1.54) is 0 Å². The van der Waals surface area contributed by atoms with E-state index in [1.807, 2.05) is 36.4 Å². The van der Waals surface area contributed by atoms with Crippen molar-refractivity contribution in [3.63, 3.8) is 0 Å². The molecule has 0 heterocycles. The predicted octanol–water partition coefficient (Wildman–Crippen LogP) is 3.60. The average molecular weight is 257 g/mol. The van der Waals surface area contributed by atoms with Crippen LogP contribution in [0.5, 0.6) is 0 Å². The van der Waals surface area contributed by atoms with Crippen molar-refractivity contribution in [1.82, 2.24) is 0 Å². The molecule has 2 heteroatoms. The second kappa shape index (κ2) is 5.27. The largest absolute Gasteiger partial charge is 0.374 e. The van der Waals surface area contributed by atoms with Crippen molar-refractivity contribution in [2.24, 2.45) is 0 Å². The van der Waals surface area contributed by atoms with Crippen LogP contribution in [0, 0.1) is 11.8 Å². The normalized spacial score (nSPS) is 13.3. The van der Waals surface area contributed by atoms with Crippen molar-refractivity contribution in [3.8, 4) is 11.8 Å². The molecule has 0 amide bonds. The van der Waals surface area contributed by atoms with Gasteiger partial charge in [0.25, 0.3) is 0 Å². The fourth-order valence-corrected chi connectivity index (χ4v) is 1.77. The van der Waals surface area contributed by atoms with E-state index in [4.69, 9.17) is 11.6 Å². The Bertz CT molecular complexity index is 591. The number of hydrogen-bond acceptors (Lipinski definition) is 1. The van der Waals surface area contributed by atoms with Gasteiger partial charge in [-0.25, -0.2) is 0 Å². The first-order valence-corrected chi connectivity index (χ1v) is 6.02. The zero-order valence-corrected chi connectivity index (χ0v) is 10.8. The average Bonchev–Trinajstić information content (AvgIpc) is 2.38. The van der Waals surface area contributed by atoms with Crippen LogP contribution in [0.3, 0.4) is 0 Å². The molecule has 1 atom stereocenters. The second-order valence-corrected chi connectivity index (χ2v) is 4.64. The Morgan fingerprint density at radius 2 is 1.78 bits per heavy atom. The molecular weight excluding hydrogens is 244 g/mol. The smallest absolute Gasteiger partial charge is 0.148 e. The highest BCUT2D eigenvalue weighted by Crippen LogP contribution is 2.22. The SMILES string of the molecule is C[C@](O)(C#Cc1ccccc1)c1cccc(Cl)c1. The first kappa shape index (κ1) is 12.7. The minimum Gasteiger partial charge on any atom is -0.374 e. The predicted molar refractivity (Wildman–Crippen MR) is 74.3 cm³/mol. The van der Waals surface area contributed by atoms with Gasteiger partial charge in [0, 0.05) is 10.6 Å². The van der Waals surface area contributed by atoms with Crippen molar-refractivity contribution in [2.45, 2.75) is 12.5 Å². The van der Waals surface area contributed by atoms with Gasteiger partial charge >= 0.3 is 0 Å². The van der Waals surface area contributed by atoms with E-state index in [0.29, 0.717) is 10.6 Å². The fourth-order valence-electron chi connectivity index (χ4n) is 1.58. The van der Waals surface area contributed by atoms with Crippen LogP contribution >= 0.6 is 11.6 Å². The molecule has 0 unspecified atom stereocenters. The van der Waals surface area contributed by atoms with Crippen molar-refractivity contribution in [2.75, 3.05) is 0 Å². The minimum absolute atomic E-state index is 0.592. The highest BCUT2D eigenvalue weighted by atomic mass is 35.5. The summed E-state index contributed by atoms with van der Waals surface area (Å²) in [5.74, 6) is 5.83. The van der Waals surface area contributed by atoms with Gasteiger partial charge in [-0.2, -0.15) is 0 Å². The Labute approximate surface area is 112 Å². The van der Waals surface area contributed by atoms with Crippen LogP contribution in [0.2, 0.25) is 5.02 Å². The summed E-state index contributed by atoms with van der Waals surface area (Å²) in [5, 5.41) is 10.9. The first-order chi connectivity index (χ1) is 8.58. The van der Waals surface area contributed by atoms with Gasteiger partial charge in [0.05, 0.1) is 0 Å². The summed E-state index contributed by atoms with van der Waals surface area (Å²) < 4.78 is 0. The number of aliphatic hydroxyl groups is 1. The van der Waals surface area contributed by atoms with Gasteiger partial charge in [0.15, 0.2) is 0 Å². The Hall–Kier alpha value is -1.75. The molecule has 0 fully saturated rings. The van der Waals surface area contributed by atoms with Crippen LogP contribution in [-0.2, 0) is 5.60 Å². The molecule has 0 aromatic heterocycles. The van der Waals surface area contributed by atoms with Crippen molar-refractivity contribution in [1.29, 1.82) is 0 Å². The van der Waals surface area contributed by atoms with Gasteiger partial charge in [0.1, 0.15) is 5.60 Å². The van der Waals surface area contributed by atoms with Gasteiger partial charge < -0.3 is 5.11 Å². The Kier molecular flexibility index (Phi) is 3.72. The summed E-state index contributed by atoms with van der Waals surface area (Å²) in [6.45, 7) is 1.66. The lowest BCUT2D eigenvalue weighted by atomic mass is 9.96. The molecule has 1 nitrogen and oxygen atoms in total. The molecule has 0 bridgehead atoms. The maximum Gasteiger partial charge on any atom is 0.148 e. The third-order valence-electron chi connectivity index (χ3n) is 2.61. The second-order valence-electron chi connectivity index (χ2n) is 4.20. The topological polar surface area (TPSA) is 20.2 Å². The molecule has 0 saturated carbocycles. The van der Waals surface area contributed by atoms with E-state index in [0.717, 1.165) is 5.56 Å². The Morgan fingerprint density at radius 1 is 1.06 bits per heavy atom. The van der Waals surface area contributed by atoms with E-state index >= 15 is 0 Å². The van der Waals surface area contributed by atoms with Gasteiger partial charge in [-0.05, 0) is 36.8 Å². The lowest BCUT2D eigenvalue weighted by molar-refractivity contribution is 0.122. The summed E-state index contributed by atoms with van der Waals surface area (Å²) in [7, 11) is 0. The Balaban J connectivity index is 2.30. The monoisotopic (exact) mass is 256 g/mol. The summed E-state index contributed by atoms with van der Waals surface area (Å²) in [5.41, 5.74) is 0.360. The van der Waals surface area contributed by atoms with E-state index in [-0.39, 0.29) is 0 Å². The number of rotatable bonds is 1. The lowest BCUT2D eigenvalue weighted by Gasteiger charge is -2.16. The van der Waals surface area contributed by atoms with E-state index in [2.05, 4.69) is 11.8 Å². The number of benzene rings is 2. The van der Waals surface area contributed by atoms with Crippen LogP contribution in [0.4, 0.5) is 0 Å². The standard InChI is InChI=1S/C16H13ClO/c1-16(18,14-8-5-9-15(17)12-14)11-10-13-6-3-2-4-7-13/h2-9,12,18H,1H3/t16-/m0/s1. The number of halogens is 1. The molecule has 18 heavy (non-hydrogen) atoms. The summed E-state index contributed by atoms with van der Waals surface area (Å²) in [4.78, 5) is 0. The third kappa shape index (κ3) is 3.13. The van der Waals surface area contributed by atoms with Crippen molar-refractivity contribution in [3.05, 3.63) is 70.7 Å². The molecule has 0 aliphatic carbocycles. The highest BCUT2D eigenvalue weighted by molar-refractivity contribution is 6.30. The first-order valence-electron chi connectivity index (χ1n) is 5.64. The van der Waals surface area contributed by atoms with Crippen LogP contribution in [0.15, 0.2) is 54.6 Å². The minimum atomic E-state index is -1.21. The van der Waals surface area contributed by atoms with Crippen LogP contribution in [0.1, 0.15) is 18.1 Å². The Morgan fingerprint density at radius 3 is 2.44 bits per heavy atom. The highest BCUT2D eigenvalue weighted by Gasteiger charge is 2.19. The zero-order chi connectivity index (χ0) is 13.0. The van der Waals surface area contributed by atoms with Crippen LogP contribution < -0.4 is 0 Å². The van der Waals surface area contributed by atoms with E-state index < -0.39 is 5.60 Å². The van der Waals surface area contributed by atoms with E-state index in [9.17, 15) is 5.11 Å². The van der Waals surface area contributed by atoms with Gasteiger partial charge in [-0.1, -0.05) is 53.8 Å². The molecule has 2 aromatic carbocycles. The molecule has 2 aromatic rings. The zero-order valence-electron chi connectivity index (χ0n) is 10.0. The summed E-state index contributed by atoms with van der Waals surface area (Å²) >= 11 is 5.91. The van der Waals surface area contributed by atoms with E-state index in [1.54, 1.807) is 25.1 Å². The maximum atomic E-state index is 10.3. The van der Waals surface area contributed by atoms with Gasteiger partial charge in [0.2, 0.25) is 0 Å². The summed E-state index contributed by atoms with van der Waals surface area (Å²) in [6.07, 6.45) is 0. The van der Waals surface area contributed by atoms with Crippen molar-refractivity contribution >= 4 is 11.6 Å². The van der Waals surface area contributed by atoms with Gasteiger partial charge in [-0.3, -0.25) is 0 Å². The molecule has 90 valence electrons. The lowest BCUT2D eigenvalue weighted by Crippen LogP contribution is -2.18. The quantitative estimate of drug-likeness (QED) is 0.773. The summed E-state index contributed by atoms with van der Waals surface area (Å²) in [6, 6.07) is 16.7. The molecule has 2 rings (SSSR count). The molecule has 1 N–H and O–H groups in total. The van der Waals surface area contributed by atoms with Crippen LogP contribution in [0.25, 0.3) is 0 Å². The van der Waals surface area contributed by atoms with Crippen LogP contribution in [-0.4, -0.2) is 5.11 Å². The maximum absolute atomic E-state index is 10.3. The molecule has 0 spiro atoms. The molecule has 0 saturated heterocycles. The molecular formula is C16H13ClO. The van der Waals surface area contributed by atoms with Gasteiger partial charge in [-0.15, -0.1) is 0 Å². The third-order valence-corrected chi connectivity index (χ3v) is 2.85. The van der Waals surface area contributed by atoms with Crippen molar-refractivity contribution < 1.29 is 5.11 Å². The molecule has 0 aliphatic heterocycles. The molecule has 0 aliphatic rings.